The second kappa shape index (κ2) is 6.99. The molecule has 0 bridgehead atoms. The van der Waals surface area contributed by atoms with E-state index in [1.165, 1.54) is 0 Å². The molecule has 2 rings (SSSR count). The van der Waals surface area contributed by atoms with Crippen molar-refractivity contribution in [1.29, 1.82) is 0 Å². The van der Waals surface area contributed by atoms with Crippen molar-refractivity contribution in [3.8, 4) is 0 Å². The minimum Gasteiger partial charge on any atom is -0.389 e. The molecule has 0 spiro atoms. The zero-order valence-electron chi connectivity index (χ0n) is 12.0. The summed E-state index contributed by atoms with van der Waals surface area (Å²) in [5.74, 6) is 0. The van der Waals surface area contributed by atoms with Gasteiger partial charge >= 0.3 is 0 Å². The number of nitrogens with zero attached hydrogens (tertiary/aromatic N) is 1. The van der Waals surface area contributed by atoms with Gasteiger partial charge in [-0.15, -0.1) is 0 Å². The lowest BCUT2D eigenvalue weighted by molar-refractivity contribution is -0.00268. The zero-order valence-corrected chi connectivity index (χ0v) is 12.0. The number of hydrogen-bond acceptors (Lipinski definition) is 5. The summed E-state index contributed by atoms with van der Waals surface area (Å²) >= 11 is 0. The highest BCUT2D eigenvalue weighted by atomic mass is 16.5. The summed E-state index contributed by atoms with van der Waals surface area (Å²) in [4.78, 5) is 2.20. The van der Waals surface area contributed by atoms with Crippen LogP contribution in [0.25, 0.3) is 0 Å². The molecule has 2 heterocycles. The van der Waals surface area contributed by atoms with Gasteiger partial charge < -0.3 is 20.3 Å². The normalized spacial score (nSPS) is 31.7. The maximum absolute atomic E-state index is 9.66. The van der Waals surface area contributed by atoms with Crippen LogP contribution in [0.2, 0.25) is 0 Å². The summed E-state index contributed by atoms with van der Waals surface area (Å²) in [6, 6.07) is 0. The maximum atomic E-state index is 9.66. The van der Waals surface area contributed by atoms with Gasteiger partial charge in [-0.3, -0.25) is 4.90 Å². The van der Waals surface area contributed by atoms with Gasteiger partial charge in [-0.1, -0.05) is 6.92 Å². The van der Waals surface area contributed by atoms with Gasteiger partial charge in [-0.25, -0.2) is 0 Å². The molecular weight excluding hydrogens is 244 g/mol. The van der Waals surface area contributed by atoms with E-state index in [-0.39, 0.29) is 5.41 Å². The van der Waals surface area contributed by atoms with Gasteiger partial charge in [-0.05, 0) is 31.2 Å². The molecule has 2 fully saturated rings. The second-order valence-corrected chi connectivity index (χ2v) is 6.12. The van der Waals surface area contributed by atoms with Gasteiger partial charge in [0.05, 0.1) is 12.2 Å². The van der Waals surface area contributed by atoms with E-state index in [1.807, 2.05) is 0 Å². The van der Waals surface area contributed by atoms with Gasteiger partial charge in [0.15, 0.2) is 0 Å². The van der Waals surface area contributed by atoms with Crippen LogP contribution >= 0.6 is 0 Å². The van der Waals surface area contributed by atoms with Crippen LogP contribution in [0, 0.1) is 5.41 Å². The lowest BCUT2D eigenvalue weighted by Crippen LogP contribution is -2.47. The average molecular weight is 272 g/mol. The van der Waals surface area contributed by atoms with Gasteiger partial charge in [0.25, 0.3) is 0 Å². The third-order valence-corrected chi connectivity index (χ3v) is 4.37. The summed E-state index contributed by atoms with van der Waals surface area (Å²) in [5, 5.41) is 22.9. The fourth-order valence-electron chi connectivity index (χ4n) is 3.18. The number of ether oxygens (including phenoxy) is 1. The van der Waals surface area contributed by atoms with Crippen LogP contribution in [0.4, 0.5) is 0 Å². The Morgan fingerprint density at radius 2 is 1.84 bits per heavy atom. The molecule has 2 saturated heterocycles. The van der Waals surface area contributed by atoms with Gasteiger partial charge in [0.2, 0.25) is 0 Å². The molecule has 0 aromatic rings. The molecule has 19 heavy (non-hydrogen) atoms. The van der Waals surface area contributed by atoms with Crippen LogP contribution < -0.4 is 5.32 Å². The van der Waals surface area contributed by atoms with Crippen LogP contribution in [0.5, 0.6) is 0 Å². The molecule has 112 valence electrons. The van der Waals surface area contributed by atoms with Crippen LogP contribution in [-0.2, 0) is 4.74 Å². The van der Waals surface area contributed by atoms with Crippen molar-refractivity contribution in [2.24, 2.45) is 5.41 Å². The Hall–Kier alpha value is -0.200. The Kier molecular flexibility index (Phi) is 5.59. The fraction of sp³-hybridized carbons (Fsp3) is 1.00. The summed E-state index contributed by atoms with van der Waals surface area (Å²) in [6.45, 7) is 8.02. The first-order valence-electron chi connectivity index (χ1n) is 7.52. The van der Waals surface area contributed by atoms with Gasteiger partial charge in [-0.2, -0.15) is 0 Å². The van der Waals surface area contributed by atoms with E-state index in [0.717, 1.165) is 52.1 Å². The van der Waals surface area contributed by atoms with Crippen molar-refractivity contribution in [3.05, 3.63) is 0 Å². The molecule has 2 aliphatic heterocycles. The molecule has 2 atom stereocenters. The molecule has 0 saturated carbocycles. The average Bonchev–Trinajstić information content (AvgIpc) is 2.69. The summed E-state index contributed by atoms with van der Waals surface area (Å²) < 4.78 is 5.49. The molecule has 3 N–H and O–H groups in total. The van der Waals surface area contributed by atoms with E-state index < -0.39 is 12.2 Å². The highest BCUT2D eigenvalue weighted by Crippen LogP contribution is 2.32. The number of likely N-dealkylation sites (tertiary alicyclic amines) is 1. The molecular formula is C14H28N2O3. The Balaban J connectivity index is 1.89. The first kappa shape index (κ1) is 15.2. The molecule has 5 heteroatoms. The number of aliphatic hydroxyl groups excluding tert-OH is 2. The monoisotopic (exact) mass is 272 g/mol. The van der Waals surface area contributed by atoms with E-state index >= 15 is 0 Å². The zero-order chi connectivity index (χ0) is 13.7. The first-order chi connectivity index (χ1) is 9.15. The van der Waals surface area contributed by atoms with Gasteiger partial charge in [0.1, 0.15) is 0 Å². The lowest BCUT2D eigenvalue weighted by atomic mass is 9.79. The number of β-amino-alcohol motifs (C(OH)–C–C–N with tert-alkyl or cyclic N) is 2. The molecule has 0 aromatic carbocycles. The quantitative estimate of drug-likeness (QED) is 0.586. The molecule has 2 aliphatic rings. The highest BCUT2D eigenvalue weighted by molar-refractivity contribution is 4.92. The lowest BCUT2D eigenvalue weighted by Gasteiger charge is -2.40. The molecule has 2 unspecified atom stereocenters. The standard InChI is InChI=1S/C14H28N2O3/c1-2-5-15-10-14(3-6-19-7-4-14)11-16-8-12(17)13(18)9-16/h12-13,15,17-18H,2-11H2,1H3. The topological polar surface area (TPSA) is 65.0 Å². The minimum absolute atomic E-state index is 0.233. The molecule has 0 amide bonds. The largest absolute Gasteiger partial charge is 0.389 e. The third-order valence-electron chi connectivity index (χ3n) is 4.37. The number of hydrogen-bond donors (Lipinski definition) is 3. The number of aliphatic hydroxyl groups is 2. The molecule has 0 aromatic heterocycles. The van der Waals surface area contributed by atoms with Crippen molar-refractivity contribution in [1.82, 2.24) is 10.2 Å². The van der Waals surface area contributed by atoms with Crippen molar-refractivity contribution < 1.29 is 14.9 Å². The summed E-state index contributed by atoms with van der Waals surface area (Å²) in [7, 11) is 0. The number of nitrogens with one attached hydrogen (secondary N) is 1. The molecule has 0 aliphatic carbocycles. The van der Waals surface area contributed by atoms with E-state index in [2.05, 4.69) is 17.1 Å². The Morgan fingerprint density at radius 1 is 1.21 bits per heavy atom. The smallest absolute Gasteiger partial charge is 0.0938 e. The van der Waals surface area contributed by atoms with Crippen molar-refractivity contribution >= 4 is 0 Å². The first-order valence-corrected chi connectivity index (χ1v) is 7.52. The Morgan fingerprint density at radius 3 is 2.42 bits per heavy atom. The Labute approximate surface area is 115 Å². The van der Waals surface area contributed by atoms with E-state index in [9.17, 15) is 10.2 Å². The SMILES string of the molecule is CCCNCC1(CN2CC(O)C(O)C2)CCOCC1. The second-order valence-electron chi connectivity index (χ2n) is 6.12. The molecule has 5 nitrogen and oxygen atoms in total. The van der Waals surface area contributed by atoms with Crippen molar-refractivity contribution in [2.45, 2.75) is 38.4 Å². The van der Waals surface area contributed by atoms with Crippen molar-refractivity contribution in [2.75, 3.05) is 45.9 Å². The maximum Gasteiger partial charge on any atom is 0.0938 e. The third kappa shape index (κ3) is 4.13. The van der Waals surface area contributed by atoms with E-state index in [1.54, 1.807) is 0 Å². The van der Waals surface area contributed by atoms with Crippen LogP contribution in [-0.4, -0.2) is 73.3 Å². The van der Waals surface area contributed by atoms with E-state index in [4.69, 9.17) is 4.74 Å². The Bertz CT molecular complexity index is 259. The fourth-order valence-corrected chi connectivity index (χ4v) is 3.18. The predicted octanol–water partition coefficient (Wildman–Crippen LogP) is -0.180. The van der Waals surface area contributed by atoms with Crippen molar-refractivity contribution in [3.63, 3.8) is 0 Å². The van der Waals surface area contributed by atoms with Crippen LogP contribution in [0.1, 0.15) is 26.2 Å². The van der Waals surface area contributed by atoms with Gasteiger partial charge in [0, 0.05) is 39.4 Å². The predicted molar refractivity (Wildman–Crippen MR) is 74.1 cm³/mol. The summed E-state index contributed by atoms with van der Waals surface area (Å²) in [5.41, 5.74) is 0.233. The van der Waals surface area contributed by atoms with E-state index in [0.29, 0.717) is 13.1 Å². The van der Waals surface area contributed by atoms with Crippen LogP contribution in [0.3, 0.4) is 0 Å². The summed E-state index contributed by atoms with van der Waals surface area (Å²) in [6.07, 6.45) is 2.10. The van der Waals surface area contributed by atoms with Crippen LogP contribution in [0.15, 0.2) is 0 Å². The highest BCUT2D eigenvalue weighted by Gasteiger charge is 2.38. The molecule has 0 radical (unpaired) electrons. The number of rotatable bonds is 6. The minimum atomic E-state index is -0.583.